The topological polar surface area (TPSA) is 38.1 Å². The van der Waals surface area contributed by atoms with Gasteiger partial charge in [0.2, 0.25) is 0 Å². The molecule has 0 spiro atoms. The maximum atomic E-state index is 4.51. The highest BCUT2D eigenvalue weighted by molar-refractivity contribution is 8.03. The Morgan fingerprint density at radius 2 is 2.15 bits per heavy atom. The van der Waals surface area contributed by atoms with Gasteiger partial charge in [-0.05, 0) is 38.7 Å². The van der Waals surface area contributed by atoms with Crippen molar-refractivity contribution in [1.82, 2.24) is 9.97 Å². The van der Waals surface area contributed by atoms with Gasteiger partial charge >= 0.3 is 0 Å². The van der Waals surface area contributed by atoms with Crippen molar-refractivity contribution in [3.8, 4) is 0 Å². The van der Waals surface area contributed by atoms with Crippen LogP contribution in [-0.4, -0.2) is 21.9 Å². The minimum absolute atomic E-state index is 0.747. The van der Waals surface area contributed by atoms with Gasteiger partial charge < -0.3 is 0 Å². The van der Waals surface area contributed by atoms with Crippen molar-refractivity contribution in [2.24, 2.45) is 4.99 Å². The molecule has 106 valence electrons. The Kier molecular flexibility index (Phi) is 6.94. The lowest BCUT2D eigenvalue weighted by atomic mass is 10.1. The number of nitrogens with zero attached hydrogens (tertiary/aromatic N) is 3. The molecule has 0 N–H and O–H groups in total. The zero-order chi connectivity index (χ0) is 15.0. The van der Waals surface area contributed by atoms with Gasteiger partial charge in [0.15, 0.2) is 0 Å². The Balaban J connectivity index is 3.43. The summed E-state index contributed by atoms with van der Waals surface area (Å²) in [5, 5.41) is 0.939. The molecular formula is C16H21N3S. The van der Waals surface area contributed by atoms with E-state index in [-0.39, 0.29) is 0 Å². The minimum Gasteiger partial charge on any atom is -0.254 e. The fraction of sp³-hybridized carbons (Fsp3) is 0.312. The fourth-order valence-electron chi connectivity index (χ4n) is 1.72. The van der Waals surface area contributed by atoms with E-state index >= 15 is 0 Å². The average molecular weight is 287 g/mol. The van der Waals surface area contributed by atoms with Crippen molar-refractivity contribution in [2.75, 3.05) is 5.75 Å². The third-order valence-corrected chi connectivity index (χ3v) is 3.32. The maximum absolute atomic E-state index is 4.51. The normalized spacial score (nSPS) is 13.0. The average Bonchev–Trinajstić information content (AvgIpc) is 2.40. The highest BCUT2D eigenvalue weighted by atomic mass is 32.2. The summed E-state index contributed by atoms with van der Waals surface area (Å²) >= 11 is 1.69. The quantitative estimate of drug-likeness (QED) is 0.570. The van der Waals surface area contributed by atoms with Crippen molar-refractivity contribution in [3.05, 3.63) is 47.0 Å². The number of aryl methyl sites for hydroxylation is 1. The number of thioether (sulfide) groups is 1. The highest BCUT2D eigenvalue weighted by Crippen LogP contribution is 2.28. The van der Waals surface area contributed by atoms with Crippen molar-refractivity contribution in [1.29, 1.82) is 0 Å². The third-order valence-electron chi connectivity index (χ3n) is 2.43. The van der Waals surface area contributed by atoms with Crippen LogP contribution in [0.2, 0.25) is 0 Å². The highest BCUT2D eigenvalue weighted by Gasteiger charge is 2.09. The first kappa shape index (κ1) is 16.4. The predicted molar refractivity (Wildman–Crippen MR) is 90.9 cm³/mol. The van der Waals surface area contributed by atoms with Gasteiger partial charge in [0.1, 0.15) is 10.9 Å². The molecule has 0 aliphatic rings. The zero-order valence-electron chi connectivity index (χ0n) is 12.6. The molecule has 1 aromatic rings. The fourth-order valence-corrected chi connectivity index (χ4v) is 2.52. The number of allylic oxidation sites excluding steroid dienone is 3. The Labute approximate surface area is 125 Å². The molecule has 0 radical (unpaired) electrons. The van der Waals surface area contributed by atoms with Crippen LogP contribution in [0.1, 0.15) is 38.0 Å². The first-order chi connectivity index (χ1) is 9.65. The summed E-state index contributed by atoms with van der Waals surface area (Å²) in [7, 11) is 0. The van der Waals surface area contributed by atoms with E-state index in [1.54, 1.807) is 18.0 Å². The molecule has 1 aromatic heterocycles. The van der Waals surface area contributed by atoms with Gasteiger partial charge in [0.05, 0.1) is 11.4 Å². The molecule has 0 unspecified atom stereocenters. The van der Waals surface area contributed by atoms with E-state index in [2.05, 4.69) is 28.5 Å². The van der Waals surface area contributed by atoms with Crippen LogP contribution in [0.25, 0.3) is 11.6 Å². The number of hydrogen-bond donors (Lipinski definition) is 0. The smallest absolute Gasteiger partial charge is 0.126 e. The summed E-state index contributed by atoms with van der Waals surface area (Å²) in [5.74, 6) is 1.70. The van der Waals surface area contributed by atoms with Gasteiger partial charge in [0.25, 0.3) is 0 Å². The molecule has 0 saturated carbocycles. The monoisotopic (exact) mass is 287 g/mol. The summed E-state index contributed by atoms with van der Waals surface area (Å²) in [5.41, 5.74) is 2.71. The van der Waals surface area contributed by atoms with Crippen LogP contribution in [0.3, 0.4) is 0 Å². The van der Waals surface area contributed by atoms with E-state index in [1.165, 1.54) is 0 Å². The van der Waals surface area contributed by atoms with Crippen LogP contribution < -0.4 is 0 Å². The Morgan fingerprint density at radius 3 is 2.70 bits per heavy atom. The number of rotatable bonds is 6. The van der Waals surface area contributed by atoms with Crippen LogP contribution in [-0.2, 0) is 0 Å². The molecule has 0 amide bonds. The van der Waals surface area contributed by atoms with Crippen LogP contribution in [0.15, 0.2) is 34.8 Å². The minimum atomic E-state index is 0.747. The van der Waals surface area contributed by atoms with E-state index in [4.69, 9.17) is 0 Å². The molecule has 1 rings (SSSR count). The van der Waals surface area contributed by atoms with E-state index < -0.39 is 0 Å². The van der Waals surface area contributed by atoms with E-state index in [0.717, 1.165) is 33.6 Å². The van der Waals surface area contributed by atoms with Crippen molar-refractivity contribution < 1.29 is 0 Å². The molecule has 0 aliphatic carbocycles. The summed E-state index contributed by atoms with van der Waals surface area (Å²) in [6, 6.07) is 1.96. The Hall–Kier alpha value is -1.68. The molecule has 4 heteroatoms. The summed E-state index contributed by atoms with van der Waals surface area (Å²) in [6.45, 7) is 11.8. The second kappa shape index (κ2) is 8.48. The van der Waals surface area contributed by atoms with Gasteiger partial charge in [0, 0.05) is 11.8 Å². The van der Waals surface area contributed by atoms with Gasteiger partial charge in [-0.15, -0.1) is 11.8 Å². The molecule has 0 atom stereocenters. The standard InChI is InChI=1S/C16H21N3S/c1-6-10-13-11-15(19-12(5)18-13)14(7-2)16(17-8-3)20-9-4/h6-8,10-11H,2,9H2,1,3-5H3/b10-6-,16-14-,17-8-. The maximum Gasteiger partial charge on any atom is 0.126 e. The van der Waals surface area contributed by atoms with E-state index in [0.29, 0.717) is 0 Å². The van der Waals surface area contributed by atoms with Gasteiger partial charge in [-0.1, -0.05) is 25.7 Å². The van der Waals surface area contributed by atoms with Crippen LogP contribution >= 0.6 is 11.8 Å². The summed E-state index contributed by atoms with van der Waals surface area (Å²) in [6.07, 6.45) is 7.54. The molecule has 0 saturated heterocycles. The molecular weight excluding hydrogens is 266 g/mol. The summed E-state index contributed by atoms with van der Waals surface area (Å²) in [4.78, 5) is 13.3. The van der Waals surface area contributed by atoms with E-state index in [1.807, 2.05) is 45.1 Å². The largest absolute Gasteiger partial charge is 0.254 e. The third kappa shape index (κ3) is 4.46. The van der Waals surface area contributed by atoms with E-state index in [9.17, 15) is 0 Å². The molecule has 0 aromatic carbocycles. The van der Waals surface area contributed by atoms with Crippen molar-refractivity contribution in [3.63, 3.8) is 0 Å². The first-order valence-corrected chi connectivity index (χ1v) is 7.61. The molecule has 3 nitrogen and oxygen atoms in total. The predicted octanol–water partition coefficient (Wildman–Crippen LogP) is 4.52. The lowest BCUT2D eigenvalue weighted by molar-refractivity contribution is 1.03. The van der Waals surface area contributed by atoms with Crippen molar-refractivity contribution in [2.45, 2.75) is 27.7 Å². The second-order valence-electron chi connectivity index (χ2n) is 3.97. The first-order valence-electron chi connectivity index (χ1n) is 6.63. The van der Waals surface area contributed by atoms with Gasteiger partial charge in [-0.25, -0.2) is 9.97 Å². The van der Waals surface area contributed by atoms with Crippen LogP contribution in [0, 0.1) is 6.92 Å². The SMILES string of the molecule is C=C/C(=C(\N=C/C)SCC)c1cc(/C=C\C)nc(C)n1. The zero-order valence-corrected chi connectivity index (χ0v) is 13.4. The molecule has 1 heterocycles. The number of aliphatic imine (C=N–C) groups is 1. The lowest BCUT2D eigenvalue weighted by Gasteiger charge is -2.08. The van der Waals surface area contributed by atoms with Crippen molar-refractivity contribution >= 4 is 29.6 Å². The number of hydrogen-bond acceptors (Lipinski definition) is 4. The second-order valence-corrected chi connectivity index (χ2v) is 5.22. The van der Waals surface area contributed by atoms with Crippen LogP contribution in [0.5, 0.6) is 0 Å². The molecule has 0 fully saturated rings. The summed E-state index contributed by atoms with van der Waals surface area (Å²) < 4.78 is 0. The molecule has 20 heavy (non-hydrogen) atoms. The lowest BCUT2D eigenvalue weighted by Crippen LogP contribution is -1.98. The van der Waals surface area contributed by atoms with Crippen LogP contribution in [0.4, 0.5) is 0 Å². The Bertz CT molecular complexity index is 557. The number of aromatic nitrogens is 2. The Morgan fingerprint density at radius 1 is 1.40 bits per heavy atom. The molecule has 0 bridgehead atoms. The van der Waals surface area contributed by atoms with Gasteiger partial charge in [-0.3, -0.25) is 4.99 Å². The molecule has 0 aliphatic heterocycles. The van der Waals surface area contributed by atoms with Gasteiger partial charge in [-0.2, -0.15) is 0 Å².